The number of halogens is 1. The standard InChI is InChI=1S/C15H19N5O4S2.ClH/c21-10-8-12(16-9-10)15(22)19-4-6-20(7-5-19)26(23,24)13-3-1-2-11-14(13)18-25-17-11;/h1-3,10,12,16,21H,4-9H2;1H. The first kappa shape index (κ1) is 20.4. The predicted octanol–water partition coefficient (Wildman–Crippen LogP) is 0.390. The minimum atomic E-state index is -3.69. The van der Waals surface area contributed by atoms with Gasteiger partial charge in [0.25, 0.3) is 0 Å². The molecule has 0 radical (unpaired) electrons. The predicted molar refractivity (Wildman–Crippen MR) is 103 cm³/mol. The smallest absolute Gasteiger partial charge is 0.245 e. The molecule has 3 aliphatic heterocycles. The van der Waals surface area contributed by atoms with Crippen molar-refractivity contribution in [3.05, 3.63) is 18.2 Å². The van der Waals surface area contributed by atoms with E-state index in [9.17, 15) is 18.3 Å². The molecule has 1 aromatic rings. The zero-order valence-electron chi connectivity index (χ0n) is 14.3. The SMILES string of the molecule is Cl.O=C(C1CC(O)CN1)N1CCN(S(=O)(=O)c2cccc3c2N=S=N3)CC1. The van der Waals surface area contributed by atoms with Gasteiger partial charge in [0, 0.05) is 32.7 Å². The topological polar surface area (TPSA) is 115 Å². The van der Waals surface area contributed by atoms with Crippen LogP contribution in [0.2, 0.25) is 0 Å². The normalized spacial score (nSPS) is 25.0. The minimum Gasteiger partial charge on any atom is -0.392 e. The van der Waals surface area contributed by atoms with Crippen LogP contribution >= 0.6 is 12.4 Å². The van der Waals surface area contributed by atoms with Crippen LogP contribution in [0.4, 0.5) is 11.4 Å². The Hall–Kier alpha value is -1.37. The van der Waals surface area contributed by atoms with Crippen LogP contribution in [0.3, 0.4) is 0 Å². The summed E-state index contributed by atoms with van der Waals surface area (Å²) in [7, 11) is -3.69. The molecule has 2 N–H and O–H groups in total. The lowest BCUT2D eigenvalue weighted by molar-refractivity contribution is -0.134. The van der Waals surface area contributed by atoms with Gasteiger partial charge in [-0.2, -0.15) is 13.0 Å². The second-order valence-corrected chi connectivity index (χ2v) is 8.90. The maximum Gasteiger partial charge on any atom is 0.245 e. The van der Waals surface area contributed by atoms with E-state index in [2.05, 4.69) is 14.0 Å². The van der Waals surface area contributed by atoms with Crippen molar-refractivity contribution >= 4 is 51.1 Å². The molecule has 1 amide bonds. The monoisotopic (exact) mass is 433 g/mol. The zero-order valence-corrected chi connectivity index (χ0v) is 16.8. The van der Waals surface area contributed by atoms with Gasteiger partial charge < -0.3 is 15.3 Å². The number of amides is 1. The number of β-amino-alcohol motifs (C(OH)–C–C–N with tert-alkyl or cyclic N) is 1. The molecule has 3 heterocycles. The van der Waals surface area contributed by atoms with Crippen LogP contribution in [-0.2, 0) is 26.2 Å². The minimum absolute atomic E-state index is 0. The first-order valence-corrected chi connectivity index (χ1v) is 10.6. The van der Waals surface area contributed by atoms with Gasteiger partial charge in [0.2, 0.25) is 15.9 Å². The van der Waals surface area contributed by atoms with Gasteiger partial charge >= 0.3 is 0 Å². The zero-order chi connectivity index (χ0) is 18.3. The van der Waals surface area contributed by atoms with Crippen molar-refractivity contribution in [3.63, 3.8) is 0 Å². The summed E-state index contributed by atoms with van der Waals surface area (Å²) in [4.78, 5) is 14.3. The summed E-state index contributed by atoms with van der Waals surface area (Å²) in [6.45, 7) is 1.54. The number of carbonyl (C=O) groups is 1. The Bertz CT molecular complexity index is 911. The number of aliphatic hydroxyl groups excluding tert-OH is 1. The maximum absolute atomic E-state index is 13.0. The number of sulfonamides is 1. The van der Waals surface area contributed by atoms with Crippen LogP contribution < -0.4 is 5.32 Å². The Morgan fingerprint density at radius 3 is 2.63 bits per heavy atom. The van der Waals surface area contributed by atoms with Crippen molar-refractivity contribution in [2.45, 2.75) is 23.5 Å². The highest BCUT2D eigenvalue weighted by atomic mass is 35.5. The van der Waals surface area contributed by atoms with E-state index in [4.69, 9.17) is 0 Å². The number of carbonyl (C=O) groups excluding carboxylic acids is 1. The molecule has 0 bridgehead atoms. The van der Waals surface area contributed by atoms with E-state index in [1.54, 1.807) is 23.1 Å². The van der Waals surface area contributed by atoms with Crippen LogP contribution in [0.25, 0.3) is 0 Å². The third kappa shape index (κ3) is 3.80. The highest BCUT2D eigenvalue weighted by Crippen LogP contribution is 2.38. The van der Waals surface area contributed by atoms with Gasteiger partial charge in [-0.15, -0.1) is 12.4 Å². The first-order chi connectivity index (χ1) is 12.5. The van der Waals surface area contributed by atoms with Crippen molar-refractivity contribution in [1.82, 2.24) is 14.5 Å². The molecule has 1 aromatic carbocycles. The number of hydrogen-bond donors (Lipinski definition) is 2. The molecule has 148 valence electrons. The number of benzene rings is 1. The molecule has 3 aliphatic rings. The number of piperazine rings is 1. The maximum atomic E-state index is 13.0. The summed E-state index contributed by atoms with van der Waals surface area (Å²) in [5.41, 5.74) is 0.955. The highest BCUT2D eigenvalue weighted by molar-refractivity contribution is 7.89. The number of fused-ring (bicyclic) bond motifs is 1. The molecule has 2 unspecified atom stereocenters. The Kier molecular flexibility index (Phi) is 5.99. The lowest BCUT2D eigenvalue weighted by Crippen LogP contribution is -2.54. The summed E-state index contributed by atoms with van der Waals surface area (Å²) in [5.74, 6) is -0.0793. The van der Waals surface area contributed by atoms with Crippen molar-refractivity contribution in [2.24, 2.45) is 8.73 Å². The van der Waals surface area contributed by atoms with Crippen molar-refractivity contribution < 1.29 is 18.3 Å². The Morgan fingerprint density at radius 1 is 1.22 bits per heavy atom. The third-order valence-electron chi connectivity index (χ3n) is 4.82. The van der Waals surface area contributed by atoms with Crippen LogP contribution in [0.5, 0.6) is 0 Å². The van der Waals surface area contributed by atoms with Crippen LogP contribution in [0, 0.1) is 0 Å². The molecule has 0 aliphatic carbocycles. The second kappa shape index (κ2) is 7.94. The molecule has 2 fully saturated rings. The molecule has 0 spiro atoms. The van der Waals surface area contributed by atoms with Crippen molar-refractivity contribution in [1.29, 1.82) is 0 Å². The van der Waals surface area contributed by atoms with E-state index < -0.39 is 16.1 Å². The molecule has 2 saturated heterocycles. The molecule has 0 aromatic heterocycles. The van der Waals surface area contributed by atoms with E-state index in [0.717, 1.165) is 11.4 Å². The number of nitrogens with one attached hydrogen (secondary N) is 1. The first-order valence-electron chi connectivity index (χ1n) is 8.38. The number of hydrogen-bond acceptors (Lipinski definition) is 7. The lowest BCUT2D eigenvalue weighted by Gasteiger charge is -2.35. The molecule has 4 rings (SSSR count). The average molecular weight is 434 g/mol. The molecule has 2 atom stereocenters. The molecule has 0 saturated carbocycles. The fourth-order valence-corrected chi connectivity index (χ4v) is 5.58. The number of nitrogens with zero attached hydrogens (tertiary/aromatic N) is 4. The molecule has 12 heteroatoms. The van der Waals surface area contributed by atoms with Gasteiger partial charge in [-0.3, -0.25) is 4.79 Å². The summed E-state index contributed by atoms with van der Waals surface area (Å²) in [5, 5.41) is 12.6. The summed E-state index contributed by atoms with van der Waals surface area (Å²) >= 11 is 0.985. The summed E-state index contributed by atoms with van der Waals surface area (Å²) in [6.07, 6.45) is -0.103. The van der Waals surface area contributed by atoms with Crippen molar-refractivity contribution in [2.75, 3.05) is 32.7 Å². The van der Waals surface area contributed by atoms with Gasteiger partial charge in [-0.05, 0) is 18.6 Å². The van der Waals surface area contributed by atoms with E-state index in [0.29, 0.717) is 37.4 Å². The lowest BCUT2D eigenvalue weighted by atomic mass is 10.1. The molecule has 9 nitrogen and oxygen atoms in total. The highest BCUT2D eigenvalue weighted by Gasteiger charge is 2.36. The van der Waals surface area contributed by atoms with Crippen LogP contribution in [0.1, 0.15) is 6.42 Å². The summed E-state index contributed by atoms with van der Waals surface area (Å²) < 4.78 is 35.6. The van der Waals surface area contributed by atoms with E-state index in [1.165, 1.54) is 4.31 Å². The van der Waals surface area contributed by atoms with Crippen LogP contribution in [0.15, 0.2) is 31.8 Å². The summed E-state index contributed by atoms with van der Waals surface area (Å²) in [6, 6.07) is 4.55. The third-order valence-corrected chi connectivity index (χ3v) is 7.30. The van der Waals surface area contributed by atoms with E-state index in [-0.39, 0.29) is 42.3 Å². The number of rotatable bonds is 3. The molecular formula is C15H20ClN5O4S2. The molecular weight excluding hydrogens is 414 g/mol. The van der Waals surface area contributed by atoms with Crippen LogP contribution in [-0.4, -0.2) is 73.5 Å². The Morgan fingerprint density at radius 2 is 1.96 bits per heavy atom. The number of aliphatic hydroxyl groups is 1. The Balaban J connectivity index is 0.00000210. The van der Waals surface area contributed by atoms with E-state index >= 15 is 0 Å². The largest absolute Gasteiger partial charge is 0.392 e. The van der Waals surface area contributed by atoms with Gasteiger partial charge in [-0.25, -0.2) is 8.42 Å². The van der Waals surface area contributed by atoms with Gasteiger partial charge in [-0.1, -0.05) is 6.07 Å². The quantitative estimate of drug-likeness (QED) is 0.726. The van der Waals surface area contributed by atoms with Gasteiger partial charge in [0.05, 0.1) is 23.5 Å². The molecule has 27 heavy (non-hydrogen) atoms. The fourth-order valence-electron chi connectivity index (χ4n) is 3.40. The van der Waals surface area contributed by atoms with Crippen molar-refractivity contribution in [3.8, 4) is 0 Å². The van der Waals surface area contributed by atoms with E-state index in [1.807, 2.05) is 0 Å². The average Bonchev–Trinajstić information content (AvgIpc) is 3.29. The van der Waals surface area contributed by atoms with Gasteiger partial charge in [0.1, 0.15) is 16.3 Å². The fraction of sp³-hybridized carbons (Fsp3) is 0.533. The Labute approximate surface area is 167 Å². The second-order valence-electron chi connectivity index (χ2n) is 6.47. The van der Waals surface area contributed by atoms with Gasteiger partial charge in [0.15, 0.2) is 0 Å².